The highest BCUT2D eigenvalue weighted by molar-refractivity contribution is 5.75. The zero-order valence-electron chi connectivity index (χ0n) is 10.5. The van der Waals surface area contributed by atoms with E-state index >= 15 is 0 Å². The van der Waals surface area contributed by atoms with Crippen LogP contribution in [0.3, 0.4) is 0 Å². The van der Waals surface area contributed by atoms with Crippen LogP contribution in [0.25, 0.3) is 0 Å². The quantitative estimate of drug-likeness (QED) is 0.768. The Bertz CT molecular complexity index is 252. The van der Waals surface area contributed by atoms with Crippen molar-refractivity contribution >= 4 is 6.03 Å². The highest BCUT2D eigenvalue weighted by atomic mass is 16.2. The molecule has 1 saturated heterocycles. The lowest BCUT2D eigenvalue weighted by Crippen LogP contribution is -2.54. The highest BCUT2D eigenvalue weighted by Crippen LogP contribution is 2.34. The number of carbonyl (C=O) groups excluding carboxylic acids is 1. The molecule has 1 heterocycles. The maximum atomic E-state index is 11.9. The molecule has 0 aromatic carbocycles. The Morgan fingerprint density at radius 3 is 2.69 bits per heavy atom. The normalized spacial score (nSPS) is 31.7. The standard InChI is InChI=1S/C13H24N2O/c1-10(2)11-6-3-4-7-12(11)15-9-5-8-14-13(15)16/h10-12H,3-9H2,1-2H3,(H,14,16). The molecule has 92 valence electrons. The molecule has 2 fully saturated rings. The molecule has 0 spiro atoms. The summed E-state index contributed by atoms with van der Waals surface area (Å²) in [5, 5.41) is 2.98. The fourth-order valence-electron chi connectivity index (χ4n) is 3.27. The minimum Gasteiger partial charge on any atom is -0.338 e. The van der Waals surface area contributed by atoms with Crippen molar-refractivity contribution in [1.82, 2.24) is 10.2 Å². The highest BCUT2D eigenvalue weighted by Gasteiger charge is 2.35. The molecule has 1 aliphatic heterocycles. The van der Waals surface area contributed by atoms with Crippen molar-refractivity contribution in [1.29, 1.82) is 0 Å². The van der Waals surface area contributed by atoms with Crippen LogP contribution in [0.5, 0.6) is 0 Å². The maximum absolute atomic E-state index is 11.9. The fourth-order valence-corrected chi connectivity index (χ4v) is 3.27. The molecule has 2 unspecified atom stereocenters. The average molecular weight is 224 g/mol. The number of nitrogens with one attached hydrogen (secondary N) is 1. The Morgan fingerprint density at radius 1 is 1.25 bits per heavy atom. The molecular weight excluding hydrogens is 200 g/mol. The van der Waals surface area contributed by atoms with Crippen molar-refractivity contribution < 1.29 is 4.79 Å². The van der Waals surface area contributed by atoms with Gasteiger partial charge in [0.2, 0.25) is 0 Å². The van der Waals surface area contributed by atoms with E-state index < -0.39 is 0 Å². The monoisotopic (exact) mass is 224 g/mol. The van der Waals surface area contributed by atoms with Crippen LogP contribution in [0, 0.1) is 11.8 Å². The molecule has 0 aromatic rings. The summed E-state index contributed by atoms with van der Waals surface area (Å²) < 4.78 is 0. The fraction of sp³-hybridized carbons (Fsp3) is 0.923. The first-order chi connectivity index (χ1) is 7.70. The third kappa shape index (κ3) is 2.33. The van der Waals surface area contributed by atoms with Gasteiger partial charge in [0.1, 0.15) is 0 Å². The van der Waals surface area contributed by atoms with E-state index in [1.54, 1.807) is 0 Å². The van der Waals surface area contributed by atoms with Crippen molar-refractivity contribution in [2.45, 2.75) is 52.0 Å². The van der Waals surface area contributed by atoms with Gasteiger partial charge in [0.05, 0.1) is 0 Å². The van der Waals surface area contributed by atoms with Crippen LogP contribution in [-0.4, -0.2) is 30.1 Å². The zero-order valence-corrected chi connectivity index (χ0v) is 10.5. The molecule has 0 aromatic heterocycles. The van der Waals surface area contributed by atoms with E-state index in [4.69, 9.17) is 0 Å². The van der Waals surface area contributed by atoms with Gasteiger partial charge in [0.25, 0.3) is 0 Å². The van der Waals surface area contributed by atoms with Crippen LogP contribution in [0.1, 0.15) is 46.0 Å². The summed E-state index contributed by atoms with van der Waals surface area (Å²) in [7, 11) is 0. The lowest BCUT2D eigenvalue weighted by Gasteiger charge is -2.43. The summed E-state index contributed by atoms with van der Waals surface area (Å²) in [5.41, 5.74) is 0. The van der Waals surface area contributed by atoms with Gasteiger partial charge in [0, 0.05) is 19.1 Å². The summed E-state index contributed by atoms with van der Waals surface area (Å²) in [6.45, 7) is 6.41. The predicted octanol–water partition coefficient (Wildman–Crippen LogP) is 2.62. The summed E-state index contributed by atoms with van der Waals surface area (Å²) >= 11 is 0. The van der Waals surface area contributed by atoms with Crippen LogP contribution >= 0.6 is 0 Å². The van der Waals surface area contributed by atoms with E-state index in [1.165, 1.54) is 25.7 Å². The predicted molar refractivity (Wildman–Crippen MR) is 65.3 cm³/mol. The van der Waals surface area contributed by atoms with E-state index in [1.807, 2.05) is 0 Å². The third-order valence-corrected chi connectivity index (χ3v) is 4.15. The van der Waals surface area contributed by atoms with Crippen LogP contribution in [-0.2, 0) is 0 Å². The van der Waals surface area contributed by atoms with E-state index in [0.717, 1.165) is 19.5 Å². The summed E-state index contributed by atoms with van der Waals surface area (Å²) in [6, 6.07) is 0.665. The van der Waals surface area contributed by atoms with Crippen molar-refractivity contribution in [2.75, 3.05) is 13.1 Å². The Balaban J connectivity index is 2.06. The number of hydrogen-bond donors (Lipinski definition) is 1. The molecule has 0 bridgehead atoms. The third-order valence-electron chi connectivity index (χ3n) is 4.15. The SMILES string of the molecule is CC(C)C1CCCCC1N1CCCNC1=O. The van der Waals surface area contributed by atoms with Gasteiger partial charge in [-0.15, -0.1) is 0 Å². The lowest BCUT2D eigenvalue weighted by molar-refractivity contribution is 0.0890. The molecular formula is C13H24N2O. The second-order valence-electron chi connectivity index (χ2n) is 5.54. The Kier molecular flexibility index (Phi) is 3.72. The zero-order chi connectivity index (χ0) is 11.5. The van der Waals surface area contributed by atoms with Gasteiger partial charge in [-0.1, -0.05) is 26.7 Å². The van der Waals surface area contributed by atoms with Gasteiger partial charge in [-0.2, -0.15) is 0 Å². The van der Waals surface area contributed by atoms with Gasteiger partial charge in [-0.25, -0.2) is 4.79 Å². The molecule has 3 nitrogen and oxygen atoms in total. The lowest BCUT2D eigenvalue weighted by atomic mass is 9.77. The number of rotatable bonds is 2. The average Bonchev–Trinajstić information content (AvgIpc) is 2.29. The molecule has 2 aliphatic rings. The molecule has 2 atom stereocenters. The van der Waals surface area contributed by atoms with Gasteiger partial charge in [-0.3, -0.25) is 0 Å². The van der Waals surface area contributed by atoms with Gasteiger partial charge < -0.3 is 10.2 Å². The number of urea groups is 1. The number of carbonyl (C=O) groups is 1. The van der Waals surface area contributed by atoms with Gasteiger partial charge >= 0.3 is 6.03 Å². The first kappa shape index (κ1) is 11.7. The largest absolute Gasteiger partial charge is 0.338 e. The van der Waals surface area contributed by atoms with Crippen LogP contribution in [0.15, 0.2) is 0 Å². The number of amides is 2. The van der Waals surface area contributed by atoms with Crippen molar-refractivity contribution in [3.05, 3.63) is 0 Å². The molecule has 1 N–H and O–H groups in total. The minimum absolute atomic E-state index is 0.170. The van der Waals surface area contributed by atoms with E-state index in [0.29, 0.717) is 17.9 Å². The first-order valence-corrected chi connectivity index (χ1v) is 6.74. The van der Waals surface area contributed by atoms with Crippen LogP contribution in [0.4, 0.5) is 4.79 Å². The van der Waals surface area contributed by atoms with Crippen LogP contribution in [0.2, 0.25) is 0 Å². The Morgan fingerprint density at radius 2 is 2.00 bits per heavy atom. The molecule has 2 rings (SSSR count). The molecule has 0 radical (unpaired) electrons. The van der Waals surface area contributed by atoms with Crippen molar-refractivity contribution in [3.63, 3.8) is 0 Å². The van der Waals surface area contributed by atoms with Crippen molar-refractivity contribution in [2.24, 2.45) is 11.8 Å². The summed E-state index contributed by atoms with van der Waals surface area (Å²) in [6.07, 6.45) is 6.24. The number of hydrogen-bond acceptors (Lipinski definition) is 1. The van der Waals surface area contributed by atoms with Crippen molar-refractivity contribution in [3.8, 4) is 0 Å². The summed E-state index contributed by atoms with van der Waals surface area (Å²) in [5.74, 6) is 1.40. The second-order valence-corrected chi connectivity index (χ2v) is 5.54. The topological polar surface area (TPSA) is 32.3 Å². The molecule has 2 amide bonds. The Hall–Kier alpha value is -0.730. The second kappa shape index (κ2) is 5.07. The first-order valence-electron chi connectivity index (χ1n) is 6.74. The van der Waals surface area contributed by atoms with E-state index in [-0.39, 0.29) is 6.03 Å². The van der Waals surface area contributed by atoms with Gasteiger partial charge in [-0.05, 0) is 31.1 Å². The maximum Gasteiger partial charge on any atom is 0.317 e. The molecule has 1 aliphatic carbocycles. The van der Waals surface area contributed by atoms with Gasteiger partial charge in [0.15, 0.2) is 0 Å². The molecule has 3 heteroatoms. The molecule has 16 heavy (non-hydrogen) atoms. The van der Waals surface area contributed by atoms with Crippen LogP contribution < -0.4 is 5.32 Å². The minimum atomic E-state index is 0.170. The Labute approximate surface area is 98.6 Å². The summed E-state index contributed by atoms with van der Waals surface area (Å²) in [4.78, 5) is 14.0. The smallest absolute Gasteiger partial charge is 0.317 e. The molecule has 1 saturated carbocycles. The van der Waals surface area contributed by atoms with E-state index in [2.05, 4.69) is 24.1 Å². The van der Waals surface area contributed by atoms with E-state index in [9.17, 15) is 4.79 Å². The number of nitrogens with zero attached hydrogens (tertiary/aromatic N) is 1.